The standard InChI is InChI=1S/C15H26N4O/c1-3-14-17-8-10-19(14)13-5-4-9-18(11-13)15(20)7-6-12(2)16/h8,10,12-13H,3-7,9,11,16H2,1-2H3. The summed E-state index contributed by atoms with van der Waals surface area (Å²) in [5, 5.41) is 0. The molecule has 1 aliphatic rings. The molecule has 1 aromatic heterocycles. The molecule has 112 valence electrons. The molecule has 20 heavy (non-hydrogen) atoms. The first kappa shape index (κ1) is 15.0. The zero-order valence-electron chi connectivity index (χ0n) is 12.6. The first-order chi connectivity index (χ1) is 9.61. The van der Waals surface area contributed by atoms with Crippen LogP contribution in [-0.4, -0.2) is 39.5 Å². The van der Waals surface area contributed by atoms with Crippen LogP contribution in [0.4, 0.5) is 0 Å². The third-order valence-electron chi connectivity index (χ3n) is 4.02. The van der Waals surface area contributed by atoms with Crippen LogP contribution in [0.25, 0.3) is 0 Å². The molecule has 0 aromatic carbocycles. The van der Waals surface area contributed by atoms with E-state index in [1.807, 2.05) is 24.2 Å². The number of piperidine rings is 1. The van der Waals surface area contributed by atoms with Crippen molar-refractivity contribution in [2.45, 2.75) is 58.0 Å². The summed E-state index contributed by atoms with van der Waals surface area (Å²) in [6.45, 7) is 5.75. The van der Waals surface area contributed by atoms with E-state index in [1.54, 1.807) is 0 Å². The molecule has 5 nitrogen and oxygen atoms in total. The number of nitrogens with two attached hydrogens (primary N) is 1. The van der Waals surface area contributed by atoms with E-state index < -0.39 is 0 Å². The van der Waals surface area contributed by atoms with Crippen LogP contribution in [0.15, 0.2) is 12.4 Å². The molecule has 1 aromatic rings. The van der Waals surface area contributed by atoms with Gasteiger partial charge in [-0.25, -0.2) is 4.98 Å². The van der Waals surface area contributed by atoms with Crippen molar-refractivity contribution in [1.82, 2.24) is 14.5 Å². The molecule has 0 spiro atoms. The Kier molecular flexibility index (Phi) is 5.17. The van der Waals surface area contributed by atoms with Gasteiger partial charge in [0.05, 0.1) is 6.04 Å². The fraction of sp³-hybridized carbons (Fsp3) is 0.733. The van der Waals surface area contributed by atoms with Gasteiger partial charge in [0, 0.05) is 44.4 Å². The van der Waals surface area contributed by atoms with Gasteiger partial charge in [-0.05, 0) is 26.2 Å². The third kappa shape index (κ3) is 3.60. The van der Waals surface area contributed by atoms with Crippen molar-refractivity contribution in [1.29, 1.82) is 0 Å². The number of aryl methyl sites for hydroxylation is 1. The summed E-state index contributed by atoms with van der Waals surface area (Å²) in [4.78, 5) is 18.6. The van der Waals surface area contributed by atoms with Crippen molar-refractivity contribution in [3.05, 3.63) is 18.2 Å². The molecule has 1 amide bonds. The molecule has 5 heteroatoms. The number of nitrogens with zero attached hydrogens (tertiary/aromatic N) is 3. The van der Waals surface area contributed by atoms with Crippen LogP contribution in [0.3, 0.4) is 0 Å². The van der Waals surface area contributed by atoms with Crippen molar-refractivity contribution < 1.29 is 4.79 Å². The SMILES string of the molecule is CCc1nccn1C1CCCN(C(=O)CCC(C)N)C1. The maximum atomic E-state index is 12.2. The van der Waals surface area contributed by atoms with Gasteiger partial charge in [-0.2, -0.15) is 0 Å². The zero-order valence-corrected chi connectivity index (χ0v) is 12.6. The predicted molar refractivity (Wildman–Crippen MR) is 79.3 cm³/mol. The number of hydrogen-bond donors (Lipinski definition) is 1. The summed E-state index contributed by atoms with van der Waals surface area (Å²) >= 11 is 0. The van der Waals surface area contributed by atoms with Crippen molar-refractivity contribution in [3.8, 4) is 0 Å². The first-order valence-electron chi connectivity index (χ1n) is 7.66. The van der Waals surface area contributed by atoms with Crippen LogP contribution in [0.2, 0.25) is 0 Å². The van der Waals surface area contributed by atoms with E-state index in [4.69, 9.17) is 5.73 Å². The Hall–Kier alpha value is -1.36. The quantitative estimate of drug-likeness (QED) is 0.892. The van der Waals surface area contributed by atoms with E-state index in [0.717, 1.165) is 44.6 Å². The Morgan fingerprint density at radius 2 is 2.40 bits per heavy atom. The monoisotopic (exact) mass is 278 g/mol. The van der Waals surface area contributed by atoms with Crippen LogP contribution in [0.1, 0.15) is 51.4 Å². The van der Waals surface area contributed by atoms with E-state index in [2.05, 4.69) is 16.5 Å². The number of rotatable bonds is 5. The first-order valence-corrected chi connectivity index (χ1v) is 7.66. The fourth-order valence-corrected chi connectivity index (χ4v) is 2.87. The van der Waals surface area contributed by atoms with Crippen molar-refractivity contribution >= 4 is 5.91 Å². The van der Waals surface area contributed by atoms with Gasteiger partial charge in [0.1, 0.15) is 5.82 Å². The largest absolute Gasteiger partial charge is 0.341 e. The highest BCUT2D eigenvalue weighted by atomic mass is 16.2. The molecule has 1 saturated heterocycles. The number of aromatic nitrogens is 2. The minimum absolute atomic E-state index is 0.0971. The average molecular weight is 278 g/mol. The maximum Gasteiger partial charge on any atom is 0.222 e. The van der Waals surface area contributed by atoms with E-state index in [1.165, 1.54) is 0 Å². The minimum atomic E-state index is 0.0971. The second-order valence-corrected chi connectivity index (χ2v) is 5.76. The summed E-state index contributed by atoms with van der Waals surface area (Å²) in [7, 11) is 0. The molecular formula is C15H26N4O. The Morgan fingerprint density at radius 1 is 1.60 bits per heavy atom. The lowest BCUT2D eigenvalue weighted by atomic mass is 10.0. The van der Waals surface area contributed by atoms with E-state index in [-0.39, 0.29) is 11.9 Å². The smallest absolute Gasteiger partial charge is 0.222 e. The van der Waals surface area contributed by atoms with Crippen molar-refractivity contribution in [3.63, 3.8) is 0 Å². The highest BCUT2D eigenvalue weighted by molar-refractivity contribution is 5.76. The summed E-state index contributed by atoms with van der Waals surface area (Å²) in [6.07, 6.45) is 8.36. The molecule has 0 radical (unpaired) electrons. The number of hydrogen-bond acceptors (Lipinski definition) is 3. The molecule has 2 unspecified atom stereocenters. The van der Waals surface area contributed by atoms with E-state index >= 15 is 0 Å². The molecule has 1 aliphatic heterocycles. The Bertz CT molecular complexity index is 441. The zero-order chi connectivity index (χ0) is 14.5. The molecule has 2 N–H and O–H groups in total. The highest BCUT2D eigenvalue weighted by Gasteiger charge is 2.25. The van der Waals surface area contributed by atoms with Crippen LogP contribution in [-0.2, 0) is 11.2 Å². The predicted octanol–water partition coefficient (Wildman–Crippen LogP) is 1.74. The van der Waals surface area contributed by atoms with E-state index in [0.29, 0.717) is 12.5 Å². The third-order valence-corrected chi connectivity index (χ3v) is 4.02. The fourth-order valence-electron chi connectivity index (χ4n) is 2.87. The highest BCUT2D eigenvalue weighted by Crippen LogP contribution is 2.23. The second-order valence-electron chi connectivity index (χ2n) is 5.76. The Labute approximate surface area is 121 Å². The maximum absolute atomic E-state index is 12.2. The minimum Gasteiger partial charge on any atom is -0.341 e. The van der Waals surface area contributed by atoms with Crippen LogP contribution < -0.4 is 5.73 Å². The van der Waals surface area contributed by atoms with Crippen LogP contribution >= 0.6 is 0 Å². The van der Waals surface area contributed by atoms with Gasteiger partial charge >= 0.3 is 0 Å². The topological polar surface area (TPSA) is 64.2 Å². The molecule has 0 saturated carbocycles. The van der Waals surface area contributed by atoms with Gasteiger partial charge in [0.25, 0.3) is 0 Å². The summed E-state index contributed by atoms with van der Waals surface area (Å²) in [5.74, 6) is 1.35. The van der Waals surface area contributed by atoms with Gasteiger partial charge in [-0.3, -0.25) is 4.79 Å². The normalized spacial score (nSPS) is 20.9. The van der Waals surface area contributed by atoms with Crippen molar-refractivity contribution in [2.24, 2.45) is 5.73 Å². The number of likely N-dealkylation sites (tertiary alicyclic amines) is 1. The van der Waals surface area contributed by atoms with Crippen LogP contribution in [0.5, 0.6) is 0 Å². The second kappa shape index (κ2) is 6.88. The van der Waals surface area contributed by atoms with Gasteiger partial charge in [0.2, 0.25) is 5.91 Å². The number of carbonyl (C=O) groups excluding carboxylic acids is 1. The lowest BCUT2D eigenvalue weighted by Crippen LogP contribution is -2.41. The van der Waals surface area contributed by atoms with Gasteiger partial charge in [0.15, 0.2) is 0 Å². The summed E-state index contributed by atoms with van der Waals surface area (Å²) in [6, 6.07) is 0.473. The molecule has 1 fully saturated rings. The summed E-state index contributed by atoms with van der Waals surface area (Å²) < 4.78 is 2.24. The molecule has 2 atom stereocenters. The lowest BCUT2D eigenvalue weighted by molar-refractivity contribution is -0.133. The lowest BCUT2D eigenvalue weighted by Gasteiger charge is -2.34. The molecule has 0 bridgehead atoms. The molecule has 2 heterocycles. The van der Waals surface area contributed by atoms with E-state index in [9.17, 15) is 4.79 Å². The summed E-state index contributed by atoms with van der Waals surface area (Å²) in [5.41, 5.74) is 5.73. The van der Waals surface area contributed by atoms with Crippen LogP contribution in [0, 0.1) is 0 Å². The molecule has 2 rings (SSSR count). The average Bonchev–Trinajstić information content (AvgIpc) is 2.93. The number of carbonyl (C=O) groups is 1. The number of imidazole rings is 1. The number of amides is 1. The Balaban J connectivity index is 1.96. The molecule has 0 aliphatic carbocycles. The van der Waals surface area contributed by atoms with Crippen molar-refractivity contribution in [2.75, 3.05) is 13.1 Å². The van der Waals surface area contributed by atoms with Gasteiger partial charge < -0.3 is 15.2 Å². The van der Waals surface area contributed by atoms with Gasteiger partial charge in [-0.15, -0.1) is 0 Å². The Morgan fingerprint density at radius 3 is 3.10 bits per heavy atom. The van der Waals surface area contributed by atoms with Gasteiger partial charge in [-0.1, -0.05) is 6.92 Å². The molecular weight excluding hydrogens is 252 g/mol.